The normalized spacial score (nSPS) is 10.7. The number of para-hydroxylation sites is 1. The SMILES string of the molecule is CCCCC(=O)Nc1nc2c(Cl)cccc2s1. The average Bonchev–Trinajstić information content (AvgIpc) is 2.70. The molecule has 2 aromatic rings. The van der Waals surface area contributed by atoms with Crippen LogP contribution in [0.2, 0.25) is 5.02 Å². The summed E-state index contributed by atoms with van der Waals surface area (Å²) in [4.78, 5) is 15.9. The quantitative estimate of drug-likeness (QED) is 0.908. The number of nitrogens with one attached hydrogen (secondary N) is 1. The minimum atomic E-state index is 0.0158. The van der Waals surface area contributed by atoms with Crippen LogP contribution in [0.5, 0.6) is 0 Å². The molecule has 0 saturated heterocycles. The standard InChI is InChI=1S/C12H13ClN2OS/c1-2-3-7-10(16)14-12-15-11-8(13)5-4-6-9(11)17-12/h4-6H,2-3,7H2,1H3,(H,14,15,16). The Bertz CT molecular complexity index is 538. The average molecular weight is 269 g/mol. The number of anilines is 1. The number of rotatable bonds is 4. The number of hydrogen-bond acceptors (Lipinski definition) is 3. The number of carbonyl (C=O) groups excluding carboxylic acids is 1. The first-order valence-corrected chi connectivity index (χ1v) is 6.75. The summed E-state index contributed by atoms with van der Waals surface area (Å²) in [7, 11) is 0. The molecule has 1 aromatic heterocycles. The molecule has 1 heterocycles. The van der Waals surface area contributed by atoms with Crippen LogP contribution in [-0.2, 0) is 4.79 Å². The predicted molar refractivity (Wildman–Crippen MR) is 72.8 cm³/mol. The molecule has 0 bridgehead atoms. The fraction of sp³-hybridized carbons (Fsp3) is 0.333. The molecule has 17 heavy (non-hydrogen) atoms. The highest BCUT2D eigenvalue weighted by atomic mass is 35.5. The maximum absolute atomic E-state index is 11.6. The van der Waals surface area contributed by atoms with Gasteiger partial charge in [-0.1, -0.05) is 42.3 Å². The topological polar surface area (TPSA) is 42.0 Å². The maximum atomic E-state index is 11.6. The predicted octanol–water partition coefficient (Wildman–Crippen LogP) is 4.08. The van der Waals surface area contributed by atoms with Crippen molar-refractivity contribution >= 4 is 44.2 Å². The highest BCUT2D eigenvalue weighted by Crippen LogP contribution is 2.30. The summed E-state index contributed by atoms with van der Waals surface area (Å²) in [6.07, 6.45) is 2.46. The maximum Gasteiger partial charge on any atom is 0.226 e. The number of unbranched alkanes of at least 4 members (excludes halogenated alkanes) is 1. The summed E-state index contributed by atoms with van der Waals surface area (Å²) in [6.45, 7) is 2.06. The van der Waals surface area contributed by atoms with Crippen LogP contribution in [0.1, 0.15) is 26.2 Å². The van der Waals surface area contributed by atoms with Gasteiger partial charge in [-0.15, -0.1) is 0 Å². The molecule has 0 fully saturated rings. The first-order chi connectivity index (χ1) is 8.20. The minimum absolute atomic E-state index is 0.0158. The Hall–Kier alpha value is -1.13. The Kier molecular flexibility index (Phi) is 3.97. The Morgan fingerprint density at radius 1 is 1.53 bits per heavy atom. The van der Waals surface area contributed by atoms with Gasteiger partial charge in [0, 0.05) is 6.42 Å². The molecule has 0 aliphatic heterocycles. The van der Waals surface area contributed by atoms with Crippen molar-refractivity contribution in [1.29, 1.82) is 0 Å². The van der Waals surface area contributed by atoms with Crippen LogP contribution in [0.15, 0.2) is 18.2 Å². The lowest BCUT2D eigenvalue weighted by atomic mass is 10.2. The van der Waals surface area contributed by atoms with Crippen molar-refractivity contribution in [3.63, 3.8) is 0 Å². The van der Waals surface area contributed by atoms with Crippen LogP contribution >= 0.6 is 22.9 Å². The van der Waals surface area contributed by atoms with E-state index < -0.39 is 0 Å². The lowest BCUT2D eigenvalue weighted by molar-refractivity contribution is -0.116. The minimum Gasteiger partial charge on any atom is -0.302 e. The molecule has 0 saturated carbocycles. The molecule has 1 aromatic carbocycles. The van der Waals surface area contributed by atoms with Gasteiger partial charge < -0.3 is 5.32 Å². The van der Waals surface area contributed by atoms with Crippen molar-refractivity contribution in [2.75, 3.05) is 5.32 Å². The smallest absolute Gasteiger partial charge is 0.226 e. The molecule has 5 heteroatoms. The molecule has 1 amide bonds. The molecule has 0 spiro atoms. The van der Waals surface area contributed by atoms with Crippen molar-refractivity contribution in [3.05, 3.63) is 23.2 Å². The number of halogens is 1. The van der Waals surface area contributed by atoms with E-state index in [9.17, 15) is 4.79 Å². The van der Waals surface area contributed by atoms with Gasteiger partial charge in [0.2, 0.25) is 5.91 Å². The van der Waals surface area contributed by atoms with Crippen molar-refractivity contribution in [3.8, 4) is 0 Å². The van der Waals surface area contributed by atoms with Crippen LogP contribution in [0.4, 0.5) is 5.13 Å². The third kappa shape index (κ3) is 2.96. The van der Waals surface area contributed by atoms with Gasteiger partial charge in [-0.2, -0.15) is 0 Å². The molecule has 90 valence electrons. The van der Waals surface area contributed by atoms with Crippen LogP contribution in [0, 0.1) is 0 Å². The van der Waals surface area contributed by atoms with E-state index in [2.05, 4.69) is 17.2 Å². The number of benzene rings is 1. The number of fused-ring (bicyclic) bond motifs is 1. The van der Waals surface area contributed by atoms with Crippen LogP contribution < -0.4 is 5.32 Å². The summed E-state index contributed by atoms with van der Waals surface area (Å²) in [5.74, 6) is 0.0158. The Labute approximate surface area is 109 Å². The molecule has 1 N–H and O–H groups in total. The first-order valence-electron chi connectivity index (χ1n) is 5.55. The summed E-state index contributed by atoms with van der Waals surface area (Å²) < 4.78 is 0.989. The number of hydrogen-bond donors (Lipinski definition) is 1. The summed E-state index contributed by atoms with van der Waals surface area (Å²) in [5, 5.41) is 4.04. The number of nitrogens with zero attached hydrogens (tertiary/aromatic N) is 1. The van der Waals surface area contributed by atoms with E-state index in [0.717, 1.165) is 23.1 Å². The number of aromatic nitrogens is 1. The number of carbonyl (C=O) groups is 1. The van der Waals surface area contributed by atoms with Gasteiger partial charge in [0.15, 0.2) is 5.13 Å². The second-order valence-electron chi connectivity index (χ2n) is 3.76. The van der Waals surface area contributed by atoms with Gasteiger partial charge in [0.1, 0.15) is 5.52 Å². The van der Waals surface area contributed by atoms with Crippen molar-refractivity contribution < 1.29 is 4.79 Å². The molecule has 0 atom stereocenters. The molecule has 0 aliphatic rings. The first kappa shape index (κ1) is 12.3. The second kappa shape index (κ2) is 5.47. The van der Waals surface area contributed by atoms with Crippen molar-refractivity contribution in [2.45, 2.75) is 26.2 Å². The van der Waals surface area contributed by atoms with Gasteiger partial charge in [-0.3, -0.25) is 4.79 Å². The zero-order chi connectivity index (χ0) is 12.3. The van der Waals surface area contributed by atoms with Crippen molar-refractivity contribution in [1.82, 2.24) is 4.98 Å². The number of thiazole rings is 1. The Balaban J connectivity index is 2.14. The van der Waals surface area contributed by atoms with Gasteiger partial charge >= 0.3 is 0 Å². The van der Waals surface area contributed by atoms with E-state index >= 15 is 0 Å². The van der Waals surface area contributed by atoms with E-state index in [0.29, 0.717) is 16.6 Å². The molecule has 3 nitrogen and oxygen atoms in total. The molecular formula is C12H13ClN2OS. The fourth-order valence-corrected chi connectivity index (χ4v) is 2.67. The molecule has 0 aliphatic carbocycles. The highest BCUT2D eigenvalue weighted by Gasteiger charge is 2.09. The molecule has 0 radical (unpaired) electrons. The van der Waals surface area contributed by atoms with E-state index in [-0.39, 0.29) is 5.91 Å². The van der Waals surface area contributed by atoms with Gasteiger partial charge in [0.25, 0.3) is 0 Å². The Morgan fingerprint density at radius 2 is 2.35 bits per heavy atom. The zero-order valence-electron chi connectivity index (χ0n) is 9.50. The summed E-state index contributed by atoms with van der Waals surface area (Å²) >= 11 is 7.47. The monoisotopic (exact) mass is 268 g/mol. The van der Waals surface area contributed by atoms with E-state index in [1.165, 1.54) is 11.3 Å². The fourth-order valence-electron chi connectivity index (χ4n) is 1.49. The molecular weight excluding hydrogens is 256 g/mol. The molecule has 0 unspecified atom stereocenters. The summed E-state index contributed by atoms with van der Waals surface area (Å²) in [5.41, 5.74) is 0.755. The molecule has 2 rings (SSSR count). The van der Waals surface area contributed by atoms with E-state index in [1.807, 2.05) is 12.1 Å². The van der Waals surface area contributed by atoms with E-state index in [1.54, 1.807) is 6.07 Å². The lowest BCUT2D eigenvalue weighted by Crippen LogP contribution is -2.10. The van der Waals surface area contributed by atoms with Gasteiger partial charge in [0.05, 0.1) is 9.72 Å². The second-order valence-corrected chi connectivity index (χ2v) is 5.20. The highest BCUT2D eigenvalue weighted by molar-refractivity contribution is 7.22. The van der Waals surface area contributed by atoms with Crippen LogP contribution in [-0.4, -0.2) is 10.9 Å². The van der Waals surface area contributed by atoms with Gasteiger partial charge in [-0.25, -0.2) is 4.98 Å². The Morgan fingerprint density at radius 3 is 3.06 bits per heavy atom. The van der Waals surface area contributed by atoms with Crippen LogP contribution in [0.3, 0.4) is 0 Å². The third-order valence-electron chi connectivity index (χ3n) is 2.37. The van der Waals surface area contributed by atoms with Crippen molar-refractivity contribution in [2.24, 2.45) is 0 Å². The van der Waals surface area contributed by atoms with E-state index in [4.69, 9.17) is 11.6 Å². The third-order valence-corrected chi connectivity index (χ3v) is 3.61. The van der Waals surface area contributed by atoms with Gasteiger partial charge in [-0.05, 0) is 18.6 Å². The number of amides is 1. The zero-order valence-corrected chi connectivity index (χ0v) is 11.1. The summed E-state index contributed by atoms with van der Waals surface area (Å²) in [6, 6.07) is 5.62. The largest absolute Gasteiger partial charge is 0.302 e. The van der Waals surface area contributed by atoms with Crippen LogP contribution in [0.25, 0.3) is 10.2 Å². The lowest BCUT2D eigenvalue weighted by Gasteiger charge is -1.98.